The van der Waals surface area contributed by atoms with Gasteiger partial charge in [0.05, 0.1) is 4.90 Å². The maximum Gasteiger partial charge on any atom is 0.261 e. The van der Waals surface area contributed by atoms with Gasteiger partial charge in [-0.05, 0) is 61.7 Å². The number of hydrogen-bond acceptors (Lipinski definition) is 4. The molecule has 1 N–H and O–H groups in total. The largest absolute Gasteiger partial charge is 0.339 e. The fraction of sp³-hybridized carbons (Fsp3) is 0.263. The summed E-state index contributed by atoms with van der Waals surface area (Å²) in [5.41, 5.74) is 1.18. The van der Waals surface area contributed by atoms with Crippen molar-refractivity contribution in [2.24, 2.45) is 0 Å². The Labute approximate surface area is 152 Å². The smallest absolute Gasteiger partial charge is 0.261 e. The number of nitrogens with zero attached hydrogens (tertiary/aromatic N) is 1. The van der Waals surface area contributed by atoms with Gasteiger partial charge in [-0.15, -0.1) is 0 Å². The first kappa shape index (κ1) is 18.1. The van der Waals surface area contributed by atoms with Crippen LogP contribution in [0.4, 0.5) is 5.69 Å². The molecule has 0 bridgehead atoms. The molecule has 1 aliphatic heterocycles. The van der Waals surface area contributed by atoms with Gasteiger partial charge in [-0.25, -0.2) is 8.42 Å². The third kappa shape index (κ3) is 4.11. The van der Waals surface area contributed by atoms with Gasteiger partial charge in [0.15, 0.2) is 0 Å². The Kier molecular flexibility index (Phi) is 5.37. The topological polar surface area (TPSA) is 83.5 Å². The fourth-order valence-corrected chi connectivity index (χ4v) is 4.02. The van der Waals surface area contributed by atoms with Gasteiger partial charge in [0.25, 0.3) is 15.9 Å². The van der Waals surface area contributed by atoms with Gasteiger partial charge in [-0.2, -0.15) is 0 Å². The molecule has 0 aliphatic carbocycles. The van der Waals surface area contributed by atoms with Crippen LogP contribution < -0.4 is 4.72 Å². The Morgan fingerprint density at radius 2 is 1.69 bits per heavy atom. The lowest BCUT2D eigenvalue weighted by Gasteiger charge is -2.26. The minimum absolute atomic E-state index is 0.0276. The van der Waals surface area contributed by atoms with Gasteiger partial charge in [0.2, 0.25) is 0 Å². The van der Waals surface area contributed by atoms with Crippen molar-refractivity contribution in [3.63, 3.8) is 0 Å². The number of hydrogen-bond donors (Lipinski definition) is 1. The molecule has 1 fully saturated rings. The summed E-state index contributed by atoms with van der Waals surface area (Å²) in [7, 11) is -3.83. The van der Waals surface area contributed by atoms with Crippen molar-refractivity contribution < 1.29 is 18.0 Å². The van der Waals surface area contributed by atoms with Gasteiger partial charge in [-0.3, -0.25) is 14.3 Å². The number of likely N-dealkylation sites (tertiary alicyclic amines) is 1. The third-order valence-corrected chi connectivity index (χ3v) is 5.71. The van der Waals surface area contributed by atoms with Crippen LogP contribution in [0.3, 0.4) is 0 Å². The van der Waals surface area contributed by atoms with E-state index in [-0.39, 0.29) is 10.8 Å². The Bertz CT molecular complexity index is 901. The molecule has 0 unspecified atom stereocenters. The maximum atomic E-state index is 12.6. The molecule has 3 rings (SSSR count). The van der Waals surface area contributed by atoms with Gasteiger partial charge < -0.3 is 4.90 Å². The molecule has 0 aromatic heterocycles. The highest BCUT2D eigenvalue weighted by Gasteiger charge is 2.21. The molecule has 0 saturated carbocycles. The van der Waals surface area contributed by atoms with Crippen molar-refractivity contribution in [3.05, 3.63) is 59.7 Å². The van der Waals surface area contributed by atoms with E-state index in [9.17, 15) is 18.0 Å². The second-order valence-corrected chi connectivity index (χ2v) is 7.91. The number of benzene rings is 2. The number of aldehydes is 1. The van der Waals surface area contributed by atoms with Gasteiger partial charge in [-0.1, -0.05) is 6.07 Å². The van der Waals surface area contributed by atoms with Crippen LogP contribution in [0.25, 0.3) is 0 Å². The normalized spacial score (nSPS) is 14.7. The van der Waals surface area contributed by atoms with Crippen LogP contribution >= 0.6 is 0 Å². The minimum Gasteiger partial charge on any atom is -0.339 e. The quantitative estimate of drug-likeness (QED) is 0.818. The summed E-state index contributed by atoms with van der Waals surface area (Å²) < 4.78 is 27.7. The molecular weight excluding hydrogens is 352 g/mol. The van der Waals surface area contributed by atoms with E-state index in [4.69, 9.17) is 0 Å². The molecule has 136 valence electrons. The van der Waals surface area contributed by atoms with E-state index in [0.717, 1.165) is 19.3 Å². The first-order valence-corrected chi connectivity index (χ1v) is 9.95. The molecule has 1 amide bonds. The van der Waals surface area contributed by atoms with Crippen LogP contribution in [0.15, 0.2) is 53.4 Å². The summed E-state index contributed by atoms with van der Waals surface area (Å²) in [6.07, 6.45) is 3.75. The second-order valence-electron chi connectivity index (χ2n) is 6.23. The molecule has 1 heterocycles. The molecule has 2 aromatic rings. The molecule has 7 heteroatoms. The number of rotatable bonds is 5. The number of carbonyl (C=O) groups is 2. The molecule has 0 atom stereocenters. The number of amides is 1. The summed E-state index contributed by atoms with van der Waals surface area (Å²) in [4.78, 5) is 25.1. The summed E-state index contributed by atoms with van der Waals surface area (Å²) in [5, 5.41) is 0. The Hall–Kier alpha value is -2.67. The average Bonchev–Trinajstić information content (AvgIpc) is 2.68. The molecular formula is C19H20N2O4S. The predicted molar refractivity (Wildman–Crippen MR) is 98.8 cm³/mol. The van der Waals surface area contributed by atoms with E-state index in [2.05, 4.69) is 4.72 Å². The van der Waals surface area contributed by atoms with E-state index >= 15 is 0 Å². The van der Waals surface area contributed by atoms with Crippen LogP contribution in [-0.4, -0.2) is 38.6 Å². The van der Waals surface area contributed by atoms with Gasteiger partial charge in [0.1, 0.15) is 6.29 Å². The summed E-state index contributed by atoms with van der Waals surface area (Å²) in [5.74, 6) is -0.142. The molecule has 0 radical (unpaired) electrons. The minimum atomic E-state index is -3.83. The number of nitrogens with one attached hydrogen (secondary N) is 1. The molecule has 26 heavy (non-hydrogen) atoms. The number of anilines is 1. The van der Waals surface area contributed by atoms with Crippen LogP contribution in [0.5, 0.6) is 0 Å². The second kappa shape index (κ2) is 7.70. The van der Waals surface area contributed by atoms with E-state index in [1.54, 1.807) is 17.0 Å². The highest BCUT2D eigenvalue weighted by atomic mass is 32.2. The van der Waals surface area contributed by atoms with Crippen molar-refractivity contribution in [1.29, 1.82) is 0 Å². The van der Waals surface area contributed by atoms with Crippen molar-refractivity contribution in [3.8, 4) is 0 Å². The molecule has 2 aromatic carbocycles. The van der Waals surface area contributed by atoms with Crippen molar-refractivity contribution in [2.45, 2.75) is 24.2 Å². The molecule has 1 saturated heterocycles. The summed E-state index contributed by atoms with van der Waals surface area (Å²) in [6.45, 7) is 1.41. The SMILES string of the molecule is O=Cc1ccc(NS(=O)(=O)c2cccc(C(=O)N3CCCCC3)c2)cc1. The van der Waals surface area contributed by atoms with E-state index in [1.807, 2.05) is 0 Å². The standard InChI is InChI=1S/C19H20N2O4S/c22-14-15-7-9-17(10-8-15)20-26(24,25)18-6-4-5-16(13-18)19(23)21-11-2-1-3-12-21/h4-10,13-14,20H,1-3,11-12H2. The highest BCUT2D eigenvalue weighted by molar-refractivity contribution is 7.92. The molecule has 0 spiro atoms. The van der Waals surface area contributed by atoms with Crippen LogP contribution in [0.1, 0.15) is 40.0 Å². The van der Waals surface area contributed by atoms with E-state index < -0.39 is 10.0 Å². The lowest BCUT2D eigenvalue weighted by atomic mass is 10.1. The van der Waals surface area contributed by atoms with E-state index in [0.29, 0.717) is 36.2 Å². The zero-order valence-corrected chi connectivity index (χ0v) is 15.0. The van der Waals surface area contributed by atoms with Crippen LogP contribution in [0.2, 0.25) is 0 Å². The Morgan fingerprint density at radius 1 is 1.00 bits per heavy atom. The molecule has 6 nitrogen and oxygen atoms in total. The number of carbonyl (C=O) groups excluding carboxylic acids is 2. The van der Waals surface area contributed by atoms with Gasteiger partial charge in [0, 0.05) is 29.9 Å². The Balaban J connectivity index is 1.81. The zero-order chi connectivity index (χ0) is 18.6. The summed E-state index contributed by atoms with van der Waals surface area (Å²) >= 11 is 0. The third-order valence-electron chi connectivity index (χ3n) is 4.33. The van der Waals surface area contributed by atoms with Crippen LogP contribution in [0, 0.1) is 0 Å². The first-order chi connectivity index (χ1) is 12.5. The van der Waals surface area contributed by atoms with Gasteiger partial charge >= 0.3 is 0 Å². The Morgan fingerprint density at radius 3 is 2.35 bits per heavy atom. The number of sulfonamides is 1. The fourth-order valence-electron chi connectivity index (χ4n) is 2.92. The monoisotopic (exact) mass is 372 g/mol. The van der Waals surface area contributed by atoms with Crippen molar-refractivity contribution in [1.82, 2.24) is 4.90 Å². The zero-order valence-electron chi connectivity index (χ0n) is 14.2. The lowest BCUT2D eigenvalue weighted by Crippen LogP contribution is -2.35. The van der Waals surface area contributed by atoms with Crippen molar-refractivity contribution in [2.75, 3.05) is 17.8 Å². The lowest BCUT2D eigenvalue weighted by molar-refractivity contribution is 0.0724. The van der Waals surface area contributed by atoms with E-state index in [1.165, 1.54) is 36.4 Å². The highest BCUT2D eigenvalue weighted by Crippen LogP contribution is 2.19. The maximum absolute atomic E-state index is 12.6. The first-order valence-electron chi connectivity index (χ1n) is 8.47. The van der Waals surface area contributed by atoms with Crippen molar-refractivity contribution >= 4 is 27.9 Å². The van der Waals surface area contributed by atoms with Crippen LogP contribution in [-0.2, 0) is 10.0 Å². The average molecular weight is 372 g/mol. The number of piperidine rings is 1. The summed E-state index contributed by atoms with van der Waals surface area (Å²) in [6, 6.07) is 12.2. The molecule has 1 aliphatic rings. The predicted octanol–water partition coefficient (Wildman–Crippen LogP) is 2.93.